The fourth-order valence-electron chi connectivity index (χ4n) is 1.15. The molecule has 0 aliphatic heterocycles. The Bertz CT molecular complexity index is 443. The van der Waals surface area contributed by atoms with E-state index in [-0.39, 0.29) is 11.1 Å². The number of amides is 2. The molecule has 0 saturated heterocycles. The van der Waals surface area contributed by atoms with Gasteiger partial charge in [-0.25, -0.2) is 0 Å². The molecule has 7 heteroatoms. The third-order valence-corrected chi connectivity index (χ3v) is 1.87. The van der Waals surface area contributed by atoms with Crippen LogP contribution in [0, 0.1) is 0 Å². The molecule has 0 radical (unpaired) electrons. The second-order valence-corrected chi connectivity index (χ2v) is 3.11. The van der Waals surface area contributed by atoms with Crippen LogP contribution >= 0.6 is 0 Å². The number of benzene rings is 1. The first kappa shape index (κ1) is 13.0. The Morgan fingerprint density at radius 2 is 1.65 bits per heavy atom. The summed E-state index contributed by atoms with van der Waals surface area (Å²) in [5.74, 6) is -1.78. The number of nitrogens with one attached hydrogen (secondary N) is 2. The van der Waals surface area contributed by atoms with Crippen molar-refractivity contribution in [2.45, 2.75) is 6.30 Å². The van der Waals surface area contributed by atoms with Crippen molar-refractivity contribution in [1.29, 1.82) is 0 Å². The lowest BCUT2D eigenvalue weighted by atomic mass is 10.1. The third-order valence-electron chi connectivity index (χ3n) is 1.87. The van der Waals surface area contributed by atoms with E-state index in [0.717, 1.165) is 11.4 Å². The van der Waals surface area contributed by atoms with Crippen molar-refractivity contribution in [3.8, 4) is 0 Å². The number of rotatable bonds is 2. The summed E-state index contributed by atoms with van der Waals surface area (Å²) in [6.07, 6.45) is -4.79. The lowest BCUT2D eigenvalue weighted by molar-refractivity contribution is -0.146. The van der Waals surface area contributed by atoms with Crippen LogP contribution in [0.1, 0.15) is 20.7 Å². The van der Waals surface area contributed by atoms with Crippen LogP contribution < -0.4 is 10.6 Å². The minimum absolute atomic E-state index is 0.113. The van der Waals surface area contributed by atoms with Gasteiger partial charge in [0.1, 0.15) is 0 Å². The maximum atomic E-state index is 11.9. The Kier molecular flexibility index (Phi) is 3.72. The molecule has 2 N–H and O–H groups in total. The molecule has 0 heterocycles. The zero-order valence-electron chi connectivity index (χ0n) is 8.76. The monoisotopic (exact) mass is 246 g/mol. The number of halogens is 3. The molecule has 17 heavy (non-hydrogen) atoms. The molecule has 1 aromatic carbocycles. The van der Waals surface area contributed by atoms with Gasteiger partial charge in [-0.2, -0.15) is 13.2 Å². The lowest BCUT2D eigenvalue weighted by Gasteiger charge is -2.09. The zero-order chi connectivity index (χ0) is 13.1. The summed E-state index contributed by atoms with van der Waals surface area (Å²) in [6, 6.07) is 4.99. The van der Waals surface area contributed by atoms with Gasteiger partial charge in [-0.1, -0.05) is 6.07 Å². The van der Waals surface area contributed by atoms with E-state index < -0.39 is 18.1 Å². The van der Waals surface area contributed by atoms with Crippen LogP contribution in [0.4, 0.5) is 13.2 Å². The third kappa shape index (κ3) is 3.78. The van der Waals surface area contributed by atoms with Crippen LogP contribution in [0.2, 0.25) is 0 Å². The maximum absolute atomic E-state index is 11.9. The molecule has 4 nitrogen and oxygen atoms in total. The average Bonchev–Trinajstić information content (AvgIpc) is 2.26. The minimum Gasteiger partial charge on any atom is -0.355 e. The SMILES string of the molecule is CNC(=O)c1cccc(C(=O)NC(F)(F)F)c1. The highest BCUT2D eigenvalue weighted by atomic mass is 19.4. The van der Waals surface area contributed by atoms with Crippen LogP contribution in [0.3, 0.4) is 0 Å². The van der Waals surface area contributed by atoms with Gasteiger partial charge in [0, 0.05) is 18.2 Å². The summed E-state index contributed by atoms with van der Waals surface area (Å²) in [6.45, 7) is 0. The molecule has 0 unspecified atom stereocenters. The number of carbonyl (C=O) groups is 2. The van der Waals surface area contributed by atoms with Gasteiger partial charge in [-0.05, 0) is 18.2 Å². The van der Waals surface area contributed by atoms with Crippen LogP contribution in [0.15, 0.2) is 24.3 Å². The fraction of sp³-hybridized carbons (Fsp3) is 0.200. The zero-order valence-corrected chi connectivity index (χ0v) is 8.76. The number of hydrogen-bond acceptors (Lipinski definition) is 2. The summed E-state index contributed by atoms with van der Waals surface area (Å²) >= 11 is 0. The number of carbonyl (C=O) groups excluding carboxylic acids is 2. The molecule has 0 spiro atoms. The van der Waals surface area contributed by atoms with Crippen molar-refractivity contribution in [3.05, 3.63) is 35.4 Å². The Morgan fingerprint density at radius 3 is 2.12 bits per heavy atom. The standard InChI is InChI=1S/C10H9F3N2O2/c1-14-8(16)6-3-2-4-7(5-6)9(17)15-10(11,12)13/h2-5H,1H3,(H,14,16)(H,15,17). The normalized spacial score (nSPS) is 10.8. The second kappa shape index (κ2) is 4.86. The first-order chi connectivity index (χ1) is 7.83. The Labute approximate surface area is 94.8 Å². The molecule has 2 amide bonds. The smallest absolute Gasteiger partial charge is 0.355 e. The first-order valence-corrected chi connectivity index (χ1v) is 4.55. The van der Waals surface area contributed by atoms with E-state index >= 15 is 0 Å². The molecule has 0 aromatic heterocycles. The summed E-state index contributed by atoms with van der Waals surface area (Å²) in [5.41, 5.74) is -0.120. The Balaban J connectivity index is 2.92. The highest BCUT2D eigenvalue weighted by Gasteiger charge is 2.30. The van der Waals surface area contributed by atoms with E-state index in [2.05, 4.69) is 5.32 Å². The van der Waals surface area contributed by atoms with Crippen molar-refractivity contribution < 1.29 is 22.8 Å². The van der Waals surface area contributed by atoms with E-state index in [1.54, 1.807) is 0 Å². The van der Waals surface area contributed by atoms with E-state index in [9.17, 15) is 22.8 Å². The van der Waals surface area contributed by atoms with Crippen molar-refractivity contribution in [3.63, 3.8) is 0 Å². The van der Waals surface area contributed by atoms with Gasteiger partial charge in [-0.3, -0.25) is 14.9 Å². The molecule has 1 aromatic rings. The average molecular weight is 246 g/mol. The summed E-state index contributed by atoms with van der Waals surface area (Å²) in [4.78, 5) is 22.4. The highest BCUT2D eigenvalue weighted by molar-refractivity contribution is 5.99. The van der Waals surface area contributed by atoms with Crippen LogP contribution in [-0.2, 0) is 0 Å². The second-order valence-electron chi connectivity index (χ2n) is 3.11. The van der Waals surface area contributed by atoms with Gasteiger partial charge >= 0.3 is 6.30 Å². The van der Waals surface area contributed by atoms with Gasteiger partial charge in [0.05, 0.1) is 0 Å². The topological polar surface area (TPSA) is 58.2 Å². The predicted octanol–water partition coefficient (Wildman–Crippen LogP) is 1.30. The first-order valence-electron chi connectivity index (χ1n) is 4.55. The molecular formula is C10H9F3N2O2. The molecule has 0 bridgehead atoms. The Hall–Kier alpha value is -2.05. The van der Waals surface area contributed by atoms with Gasteiger partial charge in [0.25, 0.3) is 11.8 Å². The van der Waals surface area contributed by atoms with Crippen LogP contribution in [0.25, 0.3) is 0 Å². The van der Waals surface area contributed by atoms with Crippen molar-refractivity contribution in [2.24, 2.45) is 0 Å². The quantitative estimate of drug-likeness (QED) is 0.772. The molecule has 0 atom stereocenters. The summed E-state index contributed by atoms with van der Waals surface area (Å²) in [5, 5.41) is 3.15. The van der Waals surface area contributed by atoms with E-state index in [1.807, 2.05) is 0 Å². The molecule has 0 saturated carbocycles. The van der Waals surface area contributed by atoms with E-state index in [4.69, 9.17) is 0 Å². The number of alkyl halides is 3. The molecule has 0 aliphatic rings. The lowest BCUT2D eigenvalue weighted by Crippen LogP contribution is -2.37. The van der Waals surface area contributed by atoms with Gasteiger partial charge < -0.3 is 5.32 Å². The predicted molar refractivity (Wildman–Crippen MR) is 53.4 cm³/mol. The van der Waals surface area contributed by atoms with Crippen LogP contribution in [0.5, 0.6) is 0 Å². The molecule has 0 fully saturated rings. The largest absolute Gasteiger partial charge is 0.484 e. The highest BCUT2D eigenvalue weighted by Crippen LogP contribution is 2.12. The Morgan fingerprint density at radius 1 is 1.12 bits per heavy atom. The van der Waals surface area contributed by atoms with Crippen molar-refractivity contribution >= 4 is 11.8 Å². The van der Waals surface area contributed by atoms with Crippen molar-refractivity contribution in [1.82, 2.24) is 10.6 Å². The van der Waals surface area contributed by atoms with Crippen molar-refractivity contribution in [2.75, 3.05) is 7.05 Å². The number of hydrogen-bond donors (Lipinski definition) is 2. The van der Waals surface area contributed by atoms with E-state index in [1.165, 1.54) is 25.2 Å². The summed E-state index contributed by atoms with van der Waals surface area (Å²) in [7, 11) is 1.38. The molecule has 92 valence electrons. The molecule has 0 aliphatic carbocycles. The van der Waals surface area contributed by atoms with E-state index in [0.29, 0.717) is 0 Å². The maximum Gasteiger partial charge on any atom is 0.484 e. The minimum atomic E-state index is -4.79. The van der Waals surface area contributed by atoms with Gasteiger partial charge in [0.2, 0.25) is 0 Å². The molecule has 1 rings (SSSR count). The molecular weight excluding hydrogens is 237 g/mol. The van der Waals surface area contributed by atoms with Crippen LogP contribution in [-0.4, -0.2) is 25.2 Å². The fourth-order valence-corrected chi connectivity index (χ4v) is 1.15. The summed E-state index contributed by atoms with van der Waals surface area (Å²) < 4.78 is 35.7. The van der Waals surface area contributed by atoms with Gasteiger partial charge in [0.15, 0.2) is 0 Å². The van der Waals surface area contributed by atoms with Gasteiger partial charge in [-0.15, -0.1) is 0 Å².